The van der Waals surface area contributed by atoms with Crippen LogP contribution >= 0.6 is 11.3 Å². The number of hydrogen-bond donors (Lipinski definition) is 1. The van der Waals surface area contributed by atoms with Gasteiger partial charge in [0.2, 0.25) is 0 Å². The molecule has 0 spiro atoms. The van der Waals surface area contributed by atoms with E-state index in [4.69, 9.17) is 14.5 Å². The maximum Gasteiger partial charge on any atom is 0.274 e. The van der Waals surface area contributed by atoms with E-state index in [0.717, 1.165) is 55.1 Å². The standard InChI is InChI=1S/C28H29N5O3S/c34-27(26-4-1-14-32(26)17-20-9-12-29-13-10-20)31-28-30-24(19-37-28)25-3-2-15-33(25)21-5-7-22(8-6-21)36-23-11-16-35-18-23/h1,4-10,12-14,19,23,25H,2-3,11,15-18H2,(H,30,31,34)/t23-,25-/m1/s1. The van der Waals surface area contributed by atoms with Crippen molar-refractivity contribution in [2.75, 3.05) is 30.0 Å². The molecule has 5 heterocycles. The third-order valence-electron chi connectivity index (χ3n) is 6.86. The van der Waals surface area contributed by atoms with Crippen LogP contribution in [0, 0.1) is 0 Å². The fraction of sp³-hybridized carbons (Fsp3) is 0.321. The highest BCUT2D eigenvalue weighted by Crippen LogP contribution is 2.38. The Morgan fingerprint density at radius 2 is 2.00 bits per heavy atom. The Labute approximate surface area is 219 Å². The van der Waals surface area contributed by atoms with Gasteiger partial charge in [0.05, 0.1) is 24.9 Å². The summed E-state index contributed by atoms with van der Waals surface area (Å²) in [7, 11) is 0. The van der Waals surface area contributed by atoms with Crippen LogP contribution in [0.15, 0.2) is 72.5 Å². The Morgan fingerprint density at radius 1 is 1.14 bits per heavy atom. The van der Waals surface area contributed by atoms with Gasteiger partial charge in [-0.05, 0) is 66.9 Å². The molecule has 2 atom stereocenters. The molecule has 190 valence electrons. The van der Waals surface area contributed by atoms with Gasteiger partial charge in [0, 0.05) is 49.2 Å². The lowest BCUT2D eigenvalue weighted by atomic mass is 10.1. The molecular weight excluding hydrogens is 486 g/mol. The summed E-state index contributed by atoms with van der Waals surface area (Å²) in [6.45, 7) is 3.02. The molecule has 2 aliphatic heterocycles. The largest absolute Gasteiger partial charge is 0.488 e. The van der Waals surface area contributed by atoms with Crippen molar-refractivity contribution in [1.82, 2.24) is 14.5 Å². The van der Waals surface area contributed by atoms with Crippen LogP contribution in [0.2, 0.25) is 0 Å². The van der Waals surface area contributed by atoms with Crippen LogP contribution in [-0.4, -0.2) is 46.3 Å². The smallest absolute Gasteiger partial charge is 0.274 e. The normalized spacial score (nSPS) is 19.3. The maximum atomic E-state index is 13.1. The zero-order chi connectivity index (χ0) is 25.0. The van der Waals surface area contributed by atoms with Gasteiger partial charge in [0.1, 0.15) is 17.5 Å². The predicted octanol–water partition coefficient (Wildman–Crippen LogP) is 5.15. The van der Waals surface area contributed by atoms with Crippen LogP contribution in [0.25, 0.3) is 0 Å². The molecule has 0 unspecified atom stereocenters. The van der Waals surface area contributed by atoms with Gasteiger partial charge in [-0.1, -0.05) is 0 Å². The minimum Gasteiger partial charge on any atom is -0.488 e. The number of benzene rings is 1. The summed E-state index contributed by atoms with van der Waals surface area (Å²) < 4.78 is 13.4. The number of pyridine rings is 1. The molecule has 2 fully saturated rings. The van der Waals surface area contributed by atoms with Gasteiger partial charge < -0.3 is 18.9 Å². The second-order valence-electron chi connectivity index (χ2n) is 9.36. The lowest BCUT2D eigenvalue weighted by molar-refractivity contribution is 0.101. The number of carbonyl (C=O) groups is 1. The molecule has 9 heteroatoms. The minimum atomic E-state index is -0.161. The number of carbonyl (C=O) groups excluding carboxylic acids is 1. The molecule has 1 amide bonds. The molecule has 8 nitrogen and oxygen atoms in total. The van der Waals surface area contributed by atoms with E-state index in [1.54, 1.807) is 12.4 Å². The summed E-state index contributed by atoms with van der Waals surface area (Å²) in [4.78, 5) is 24.3. The second kappa shape index (κ2) is 10.7. The minimum absolute atomic E-state index is 0.146. The zero-order valence-electron chi connectivity index (χ0n) is 20.5. The molecule has 2 saturated heterocycles. The van der Waals surface area contributed by atoms with Crippen molar-refractivity contribution in [1.29, 1.82) is 0 Å². The first-order valence-electron chi connectivity index (χ1n) is 12.6. The number of nitrogens with one attached hydrogen (secondary N) is 1. The Hall–Kier alpha value is -3.69. The molecule has 1 N–H and O–H groups in total. The van der Waals surface area contributed by atoms with Gasteiger partial charge in [-0.2, -0.15) is 0 Å². The summed E-state index contributed by atoms with van der Waals surface area (Å²) in [5, 5.41) is 5.68. The van der Waals surface area contributed by atoms with Gasteiger partial charge in [0.25, 0.3) is 5.91 Å². The average Bonchev–Trinajstić information content (AvgIpc) is 3.73. The number of aromatic nitrogens is 3. The van der Waals surface area contributed by atoms with Crippen molar-refractivity contribution in [3.8, 4) is 5.75 Å². The second-order valence-corrected chi connectivity index (χ2v) is 10.2. The lowest BCUT2D eigenvalue weighted by Crippen LogP contribution is -2.23. The van der Waals surface area contributed by atoms with Crippen molar-refractivity contribution in [2.45, 2.75) is 38.0 Å². The van der Waals surface area contributed by atoms with Crippen molar-refractivity contribution in [2.24, 2.45) is 0 Å². The molecule has 6 rings (SSSR count). The van der Waals surface area contributed by atoms with Gasteiger partial charge in [-0.25, -0.2) is 4.98 Å². The van der Waals surface area contributed by atoms with Crippen LogP contribution < -0.4 is 15.0 Å². The Kier molecular flexibility index (Phi) is 6.88. The zero-order valence-corrected chi connectivity index (χ0v) is 21.3. The topological polar surface area (TPSA) is 81.5 Å². The Balaban J connectivity index is 1.11. The quantitative estimate of drug-likeness (QED) is 0.350. The van der Waals surface area contributed by atoms with E-state index in [-0.39, 0.29) is 18.1 Å². The van der Waals surface area contributed by atoms with Crippen molar-refractivity contribution >= 4 is 28.1 Å². The Morgan fingerprint density at radius 3 is 2.81 bits per heavy atom. The maximum absolute atomic E-state index is 13.1. The van der Waals surface area contributed by atoms with E-state index < -0.39 is 0 Å². The van der Waals surface area contributed by atoms with E-state index in [1.165, 1.54) is 11.3 Å². The van der Waals surface area contributed by atoms with E-state index in [1.807, 2.05) is 47.2 Å². The summed E-state index contributed by atoms with van der Waals surface area (Å²) >= 11 is 1.47. The summed E-state index contributed by atoms with van der Waals surface area (Å²) in [5.74, 6) is 0.717. The SMILES string of the molecule is O=C(Nc1nc([C@H]2CCCN2c2ccc(O[C@@H]3CCOC3)cc2)cs1)c1cccn1Cc1ccncc1. The first-order valence-corrected chi connectivity index (χ1v) is 13.5. The molecule has 0 radical (unpaired) electrons. The van der Waals surface area contributed by atoms with Gasteiger partial charge in [-0.15, -0.1) is 11.3 Å². The van der Waals surface area contributed by atoms with Gasteiger partial charge in [-0.3, -0.25) is 15.1 Å². The fourth-order valence-electron chi connectivity index (χ4n) is 5.00. The monoisotopic (exact) mass is 515 g/mol. The molecule has 4 aromatic rings. The molecule has 2 aliphatic rings. The number of ether oxygens (including phenoxy) is 2. The lowest BCUT2D eigenvalue weighted by Gasteiger charge is -2.26. The highest BCUT2D eigenvalue weighted by molar-refractivity contribution is 7.14. The number of nitrogens with zero attached hydrogens (tertiary/aromatic N) is 4. The third kappa shape index (κ3) is 5.38. The average molecular weight is 516 g/mol. The molecule has 37 heavy (non-hydrogen) atoms. The summed E-state index contributed by atoms with van der Waals surface area (Å²) in [6.07, 6.45) is 8.65. The van der Waals surface area contributed by atoms with Gasteiger partial charge in [0.15, 0.2) is 5.13 Å². The van der Waals surface area contributed by atoms with Crippen LogP contribution in [0.5, 0.6) is 5.75 Å². The first kappa shape index (κ1) is 23.7. The number of anilines is 2. The first-order chi connectivity index (χ1) is 18.2. The number of rotatable bonds is 8. The van der Waals surface area contributed by atoms with Crippen LogP contribution in [0.4, 0.5) is 10.8 Å². The Bertz CT molecular complexity index is 1330. The fourth-order valence-corrected chi connectivity index (χ4v) is 5.75. The van der Waals surface area contributed by atoms with E-state index in [0.29, 0.717) is 24.0 Å². The molecule has 0 bridgehead atoms. The van der Waals surface area contributed by atoms with Crippen LogP contribution in [-0.2, 0) is 11.3 Å². The summed E-state index contributed by atoms with van der Waals surface area (Å²) in [5.41, 5.74) is 3.84. The molecule has 1 aromatic carbocycles. The number of hydrogen-bond acceptors (Lipinski definition) is 7. The molecule has 0 aliphatic carbocycles. The highest BCUT2D eigenvalue weighted by atomic mass is 32.1. The summed E-state index contributed by atoms with van der Waals surface area (Å²) in [6, 6.07) is 16.1. The van der Waals surface area contributed by atoms with E-state index in [2.05, 4.69) is 32.7 Å². The van der Waals surface area contributed by atoms with Gasteiger partial charge >= 0.3 is 0 Å². The number of thiazole rings is 1. The van der Waals surface area contributed by atoms with Crippen molar-refractivity contribution in [3.05, 3.63) is 89.5 Å². The third-order valence-corrected chi connectivity index (χ3v) is 7.64. The van der Waals surface area contributed by atoms with E-state index in [9.17, 15) is 4.79 Å². The van der Waals surface area contributed by atoms with Crippen molar-refractivity contribution < 1.29 is 14.3 Å². The molecule has 0 saturated carbocycles. The predicted molar refractivity (Wildman–Crippen MR) is 143 cm³/mol. The molecule has 3 aromatic heterocycles. The van der Waals surface area contributed by atoms with Crippen LogP contribution in [0.1, 0.15) is 47.1 Å². The number of amides is 1. The van der Waals surface area contributed by atoms with Crippen LogP contribution in [0.3, 0.4) is 0 Å². The highest BCUT2D eigenvalue weighted by Gasteiger charge is 2.29. The molecular formula is C28H29N5O3S. The van der Waals surface area contributed by atoms with Crippen molar-refractivity contribution in [3.63, 3.8) is 0 Å². The van der Waals surface area contributed by atoms with E-state index >= 15 is 0 Å².